The van der Waals surface area contributed by atoms with Crippen molar-refractivity contribution in [1.29, 1.82) is 0 Å². The van der Waals surface area contributed by atoms with Crippen LogP contribution in [0.2, 0.25) is 0 Å². The van der Waals surface area contributed by atoms with Gasteiger partial charge in [0.05, 0.1) is 5.92 Å². The van der Waals surface area contributed by atoms with Crippen LogP contribution in [0.5, 0.6) is 0 Å². The maximum atomic E-state index is 11.1. The Balaban J connectivity index is 2.96. The van der Waals surface area contributed by atoms with E-state index in [9.17, 15) is 20.0 Å². The van der Waals surface area contributed by atoms with Gasteiger partial charge in [-0.3, -0.25) is 14.9 Å². The van der Waals surface area contributed by atoms with Gasteiger partial charge < -0.3 is 5.11 Å². The highest BCUT2D eigenvalue weighted by Gasteiger charge is 2.29. The Morgan fingerprint density at radius 2 is 2.00 bits per heavy atom. The van der Waals surface area contributed by atoms with Crippen LogP contribution in [0.25, 0.3) is 0 Å². The summed E-state index contributed by atoms with van der Waals surface area (Å²) in [7, 11) is 0. The zero-order chi connectivity index (χ0) is 12.1. The molecule has 1 aromatic rings. The molecule has 0 saturated carbocycles. The van der Waals surface area contributed by atoms with E-state index in [1.165, 1.54) is 6.92 Å². The van der Waals surface area contributed by atoms with E-state index in [4.69, 9.17) is 0 Å². The van der Waals surface area contributed by atoms with Gasteiger partial charge in [0.1, 0.15) is 6.10 Å². The van der Waals surface area contributed by atoms with Gasteiger partial charge in [0.25, 0.3) is 0 Å². The molecule has 2 atom stereocenters. The summed E-state index contributed by atoms with van der Waals surface area (Å²) >= 11 is 0. The number of carbonyl (C=O) groups excluding carboxylic acids is 1. The minimum absolute atomic E-state index is 0.454. The van der Waals surface area contributed by atoms with E-state index in [-0.39, 0.29) is 0 Å². The zero-order valence-electron chi connectivity index (χ0n) is 8.87. The van der Waals surface area contributed by atoms with Crippen LogP contribution in [0, 0.1) is 10.1 Å². The summed E-state index contributed by atoms with van der Waals surface area (Å²) in [6.45, 7) is 0.769. The third-order valence-electron chi connectivity index (χ3n) is 2.37. The first-order valence-corrected chi connectivity index (χ1v) is 4.87. The van der Waals surface area contributed by atoms with Crippen LogP contribution in [0.4, 0.5) is 0 Å². The van der Waals surface area contributed by atoms with Gasteiger partial charge in [0.2, 0.25) is 6.54 Å². The van der Waals surface area contributed by atoms with Crippen molar-refractivity contribution in [1.82, 2.24) is 0 Å². The highest BCUT2D eigenvalue weighted by Crippen LogP contribution is 2.20. The third kappa shape index (κ3) is 3.13. The Morgan fingerprint density at radius 1 is 1.44 bits per heavy atom. The second-order valence-electron chi connectivity index (χ2n) is 3.59. The van der Waals surface area contributed by atoms with Crippen LogP contribution in [-0.4, -0.2) is 28.5 Å². The number of hydrogen-bond acceptors (Lipinski definition) is 4. The summed E-state index contributed by atoms with van der Waals surface area (Å²) in [5, 5.41) is 20.1. The summed E-state index contributed by atoms with van der Waals surface area (Å²) < 4.78 is 0. The number of nitro groups is 1. The second kappa shape index (κ2) is 5.37. The highest BCUT2D eigenvalue weighted by atomic mass is 16.6. The molecule has 0 bridgehead atoms. The molecule has 0 saturated heterocycles. The number of Topliss-reactive ketones (excluding diaryl/α,β-unsaturated/α-hetero) is 1. The molecule has 1 aromatic carbocycles. The van der Waals surface area contributed by atoms with Gasteiger partial charge in [0, 0.05) is 4.92 Å². The Morgan fingerprint density at radius 3 is 2.44 bits per heavy atom. The fourth-order valence-corrected chi connectivity index (χ4v) is 1.53. The number of nitrogens with zero attached hydrogens (tertiary/aromatic N) is 1. The van der Waals surface area contributed by atoms with Gasteiger partial charge >= 0.3 is 0 Å². The SMILES string of the molecule is CC(=O)C(O)C(C[N+](=O)[O-])c1ccccc1. The minimum atomic E-state index is -1.33. The summed E-state index contributed by atoms with van der Waals surface area (Å²) in [5.74, 6) is -1.25. The van der Waals surface area contributed by atoms with Crippen LogP contribution >= 0.6 is 0 Å². The van der Waals surface area contributed by atoms with Crippen molar-refractivity contribution in [3.05, 3.63) is 46.0 Å². The van der Waals surface area contributed by atoms with Crippen molar-refractivity contribution in [2.45, 2.75) is 18.9 Å². The fraction of sp³-hybridized carbons (Fsp3) is 0.364. The van der Waals surface area contributed by atoms with Crippen LogP contribution < -0.4 is 0 Å². The van der Waals surface area contributed by atoms with Crippen molar-refractivity contribution in [2.24, 2.45) is 0 Å². The molecular weight excluding hydrogens is 210 g/mol. The fourth-order valence-electron chi connectivity index (χ4n) is 1.53. The molecule has 0 fully saturated rings. The number of aliphatic hydroxyl groups is 1. The van der Waals surface area contributed by atoms with Gasteiger partial charge in [0.15, 0.2) is 5.78 Å². The molecule has 5 nitrogen and oxygen atoms in total. The molecule has 0 radical (unpaired) electrons. The molecule has 86 valence electrons. The quantitative estimate of drug-likeness (QED) is 0.596. The summed E-state index contributed by atoms with van der Waals surface area (Å²) in [5.41, 5.74) is 0.599. The minimum Gasteiger partial charge on any atom is -0.384 e. The molecule has 0 aliphatic carbocycles. The topological polar surface area (TPSA) is 80.4 Å². The molecule has 2 unspecified atom stereocenters. The monoisotopic (exact) mass is 223 g/mol. The van der Waals surface area contributed by atoms with Crippen molar-refractivity contribution < 1.29 is 14.8 Å². The second-order valence-corrected chi connectivity index (χ2v) is 3.59. The number of aliphatic hydroxyl groups excluding tert-OH is 1. The highest BCUT2D eigenvalue weighted by molar-refractivity contribution is 5.81. The van der Waals surface area contributed by atoms with E-state index in [0.717, 1.165) is 0 Å². The van der Waals surface area contributed by atoms with Gasteiger partial charge in [-0.1, -0.05) is 30.3 Å². The van der Waals surface area contributed by atoms with Crippen molar-refractivity contribution >= 4 is 5.78 Å². The predicted molar refractivity (Wildman–Crippen MR) is 57.7 cm³/mol. The van der Waals surface area contributed by atoms with Crippen molar-refractivity contribution in [2.75, 3.05) is 6.54 Å². The molecule has 1 N–H and O–H groups in total. The van der Waals surface area contributed by atoms with Gasteiger partial charge in [-0.25, -0.2) is 0 Å². The zero-order valence-corrected chi connectivity index (χ0v) is 8.87. The van der Waals surface area contributed by atoms with Crippen molar-refractivity contribution in [3.63, 3.8) is 0 Å². The van der Waals surface area contributed by atoms with E-state index in [0.29, 0.717) is 5.56 Å². The molecule has 16 heavy (non-hydrogen) atoms. The molecule has 0 heterocycles. The Kier molecular flexibility index (Phi) is 4.13. The number of carbonyl (C=O) groups is 1. The van der Waals surface area contributed by atoms with Gasteiger partial charge in [-0.15, -0.1) is 0 Å². The van der Waals surface area contributed by atoms with Gasteiger partial charge in [-0.2, -0.15) is 0 Å². The van der Waals surface area contributed by atoms with E-state index in [1.807, 2.05) is 0 Å². The Labute approximate surface area is 92.9 Å². The number of hydrogen-bond donors (Lipinski definition) is 1. The number of rotatable bonds is 5. The Hall–Kier alpha value is -1.75. The third-order valence-corrected chi connectivity index (χ3v) is 2.37. The van der Waals surface area contributed by atoms with E-state index >= 15 is 0 Å². The lowest BCUT2D eigenvalue weighted by atomic mass is 9.91. The van der Waals surface area contributed by atoms with Crippen LogP contribution in [0.15, 0.2) is 30.3 Å². The van der Waals surface area contributed by atoms with Crippen LogP contribution in [0.3, 0.4) is 0 Å². The standard InChI is InChI=1S/C11H13NO4/c1-8(13)11(14)10(7-12(15)16)9-5-3-2-4-6-9/h2-6,10-11,14H,7H2,1H3. The summed E-state index contributed by atoms with van der Waals surface area (Å²) in [6.07, 6.45) is -1.33. The van der Waals surface area contributed by atoms with Crippen LogP contribution in [0.1, 0.15) is 18.4 Å². The molecule has 0 aliphatic rings. The molecule has 5 heteroatoms. The lowest BCUT2D eigenvalue weighted by Crippen LogP contribution is -2.30. The molecule has 1 rings (SSSR count). The Bertz CT molecular complexity index is 377. The summed E-state index contributed by atoms with van der Waals surface area (Å²) in [6, 6.07) is 8.54. The first-order valence-electron chi connectivity index (χ1n) is 4.87. The van der Waals surface area contributed by atoms with E-state index in [1.54, 1.807) is 30.3 Å². The largest absolute Gasteiger partial charge is 0.384 e. The molecule has 0 aromatic heterocycles. The first kappa shape index (κ1) is 12.3. The van der Waals surface area contributed by atoms with E-state index < -0.39 is 29.3 Å². The van der Waals surface area contributed by atoms with E-state index in [2.05, 4.69) is 0 Å². The number of ketones is 1. The molecular formula is C11H13NO4. The van der Waals surface area contributed by atoms with Gasteiger partial charge in [-0.05, 0) is 12.5 Å². The average Bonchev–Trinajstić information content (AvgIpc) is 2.26. The summed E-state index contributed by atoms with van der Waals surface area (Å²) in [4.78, 5) is 21.0. The van der Waals surface area contributed by atoms with Crippen LogP contribution in [-0.2, 0) is 4.79 Å². The van der Waals surface area contributed by atoms with Crippen molar-refractivity contribution in [3.8, 4) is 0 Å². The average molecular weight is 223 g/mol. The molecule has 0 aliphatic heterocycles. The molecule has 0 amide bonds. The maximum absolute atomic E-state index is 11.1. The normalized spacial score (nSPS) is 14.1. The predicted octanol–water partition coefficient (Wildman–Crippen LogP) is 0.997. The maximum Gasteiger partial charge on any atom is 0.213 e. The lowest BCUT2D eigenvalue weighted by Gasteiger charge is -2.17. The lowest BCUT2D eigenvalue weighted by molar-refractivity contribution is -0.484. The molecule has 0 spiro atoms. The first-order chi connectivity index (χ1) is 7.52. The smallest absolute Gasteiger partial charge is 0.213 e. The number of benzene rings is 1.